The average molecular weight is 280 g/mol. The van der Waals surface area contributed by atoms with Gasteiger partial charge in [0.2, 0.25) is 5.82 Å². The minimum absolute atomic E-state index is 0.0214. The molecule has 0 bridgehead atoms. The number of aromatic nitrogens is 2. The summed E-state index contributed by atoms with van der Waals surface area (Å²) in [5, 5.41) is 23.0. The predicted octanol–water partition coefficient (Wildman–Crippen LogP) is 1.95. The molecule has 1 aliphatic heterocycles. The topological polar surface area (TPSA) is 88.6 Å². The smallest absolute Gasteiger partial charge is 0.261 e. The molecule has 2 heterocycles. The summed E-state index contributed by atoms with van der Waals surface area (Å²) in [6, 6.07) is 4.14. The first-order valence-electron chi connectivity index (χ1n) is 5.79. The third kappa shape index (κ3) is 2.52. The molecule has 1 saturated heterocycles. The maximum absolute atomic E-state index is 9.73. The van der Waals surface area contributed by atoms with Gasteiger partial charge in [0.15, 0.2) is 0 Å². The lowest BCUT2D eigenvalue weighted by molar-refractivity contribution is 0.0677. The molecule has 1 atom stereocenters. The Labute approximate surface area is 113 Å². The highest BCUT2D eigenvalue weighted by atomic mass is 32.2. The van der Waals surface area contributed by atoms with Crippen LogP contribution in [0.4, 0.5) is 0 Å². The van der Waals surface area contributed by atoms with E-state index in [1.54, 1.807) is 11.8 Å². The van der Waals surface area contributed by atoms with Crippen LogP contribution in [-0.4, -0.2) is 38.5 Å². The first-order chi connectivity index (χ1) is 9.24. The molecule has 6 nitrogen and oxygen atoms in total. The number of ether oxygens (including phenoxy) is 1. The van der Waals surface area contributed by atoms with Gasteiger partial charge < -0.3 is 19.5 Å². The number of benzene rings is 1. The summed E-state index contributed by atoms with van der Waals surface area (Å²) in [5.41, 5.74) is 0.308. The highest BCUT2D eigenvalue weighted by Crippen LogP contribution is 2.32. The minimum atomic E-state index is -0.185. The van der Waals surface area contributed by atoms with E-state index in [1.807, 2.05) is 0 Å². The highest BCUT2D eigenvalue weighted by molar-refractivity contribution is 7.99. The van der Waals surface area contributed by atoms with Gasteiger partial charge in [0.1, 0.15) is 17.6 Å². The van der Waals surface area contributed by atoms with E-state index in [0.29, 0.717) is 18.0 Å². The first-order valence-corrected chi connectivity index (χ1v) is 6.95. The van der Waals surface area contributed by atoms with Crippen molar-refractivity contribution in [2.24, 2.45) is 0 Å². The van der Waals surface area contributed by atoms with Gasteiger partial charge in [-0.1, -0.05) is 5.16 Å². The third-order valence-corrected chi connectivity index (χ3v) is 3.75. The van der Waals surface area contributed by atoms with E-state index in [1.165, 1.54) is 18.2 Å². The van der Waals surface area contributed by atoms with Gasteiger partial charge >= 0.3 is 0 Å². The first kappa shape index (κ1) is 12.3. The van der Waals surface area contributed by atoms with Crippen molar-refractivity contribution in [1.82, 2.24) is 10.1 Å². The molecule has 1 aromatic carbocycles. The summed E-state index contributed by atoms with van der Waals surface area (Å²) in [5.74, 6) is 2.39. The van der Waals surface area contributed by atoms with Crippen LogP contribution in [0.1, 0.15) is 11.9 Å². The molecular formula is C12H12N2O4S. The highest BCUT2D eigenvalue weighted by Gasteiger charge is 2.23. The zero-order valence-corrected chi connectivity index (χ0v) is 10.8. The molecule has 0 spiro atoms. The fourth-order valence-electron chi connectivity index (χ4n) is 1.81. The predicted molar refractivity (Wildman–Crippen MR) is 69.1 cm³/mol. The molecule has 2 N–H and O–H groups in total. The molecule has 19 heavy (non-hydrogen) atoms. The zero-order valence-electron chi connectivity index (χ0n) is 9.94. The monoisotopic (exact) mass is 280 g/mol. The van der Waals surface area contributed by atoms with Crippen molar-refractivity contribution >= 4 is 11.8 Å². The van der Waals surface area contributed by atoms with E-state index in [0.717, 1.165) is 11.5 Å². The van der Waals surface area contributed by atoms with Crippen molar-refractivity contribution in [3.05, 3.63) is 24.0 Å². The van der Waals surface area contributed by atoms with E-state index in [-0.39, 0.29) is 23.5 Å². The molecule has 0 amide bonds. The molecule has 0 saturated carbocycles. The van der Waals surface area contributed by atoms with Gasteiger partial charge in [-0.15, -0.1) is 0 Å². The van der Waals surface area contributed by atoms with E-state index >= 15 is 0 Å². The number of phenols is 2. The summed E-state index contributed by atoms with van der Waals surface area (Å²) in [7, 11) is 0. The van der Waals surface area contributed by atoms with Crippen molar-refractivity contribution in [3.8, 4) is 23.0 Å². The van der Waals surface area contributed by atoms with E-state index in [4.69, 9.17) is 9.26 Å². The van der Waals surface area contributed by atoms with Crippen LogP contribution in [0, 0.1) is 0 Å². The van der Waals surface area contributed by atoms with E-state index < -0.39 is 0 Å². The molecule has 1 unspecified atom stereocenters. The Balaban J connectivity index is 1.89. The van der Waals surface area contributed by atoms with Crippen LogP contribution in [-0.2, 0) is 4.74 Å². The van der Waals surface area contributed by atoms with Crippen molar-refractivity contribution < 1.29 is 19.5 Å². The summed E-state index contributed by atoms with van der Waals surface area (Å²) in [4.78, 5) is 4.22. The van der Waals surface area contributed by atoms with Gasteiger partial charge in [0, 0.05) is 11.5 Å². The van der Waals surface area contributed by atoms with Crippen LogP contribution >= 0.6 is 11.8 Å². The standard InChI is InChI=1S/C12H12N2O4S/c15-7-1-2-9(16)8(5-7)12-13-11(14-18-12)10-6-19-4-3-17-10/h1-2,5,10,15-16H,3-4,6H2. The summed E-state index contributed by atoms with van der Waals surface area (Å²) >= 11 is 1.77. The second-order valence-electron chi connectivity index (χ2n) is 4.09. The molecular weight excluding hydrogens is 268 g/mol. The summed E-state index contributed by atoms with van der Waals surface area (Å²) in [6.45, 7) is 0.663. The normalized spacial score (nSPS) is 19.5. The largest absolute Gasteiger partial charge is 0.508 e. The Morgan fingerprint density at radius 1 is 1.32 bits per heavy atom. The number of nitrogens with zero attached hydrogens (tertiary/aromatic N) is 2. The average Bonchev–Trinajstić information content (AvgIpc) is 2.92. The maximum atomic E-state index is 9.73. The zero-order chi connectivity index (χ0) is 13.2. The Morgan fingerprint density at radius 2 is 2.21 bits per heavy atom. The lowest BCUT2D eigenvalue weighted by Crippen LogP contribution is -2.16. The molecule has 3 rings (SSSR count). The fraction of sp³-hybridized carbons (Fsp3) is 0.333. The van der Waals surface area contributed by atoms with Gasteiger partial charge in [-0.2, -0.15) is 16.7 Å². The van der Waals surface area contributed by atoms with Gasteiger partial charge in [-0.3, -0.25) is 0 Å². The Bertz CT molecular complexity index is 581. The summed E-state index contributed by atoms with van der Waals surface area (Å²) in [6.07, 6.45) is -0.185. The quantitative estimate of drug-likeness (QED) is 0.813. The number of rotatable bonds is 2. The number of phenolic OH excluding ortho intramolecular Hbond substituents is 2. The molecule has 0 aliphatic carbocycles. The van der Waals surface area contributed by atoms with Crippen LogP contribution < -0.4 is 0 Å². The van der Waals surface area contributed by atoms with Crippen LogP contribution in [0.3, 0.4) is 0 Å². The second-order valence-corrected chi connectivity index (χ2v) is 5.24. The number of hydrogen-bond donors (Lipinski definition) is 2. The Morgan fingerprint density at radius 3 is 3.00 bits per heavy atom. The van der Waals surface area contributed by atoms with Crippen molar-refractivity contribution in [1.29, 1.82) is 0 Å². The van der Waals surface area contributed by atoms with E-state index in [9.17, 15) is 10.2 Å². The van der Waals surface area contributed by atoms with Gasteiger partial charge in [-0.05, 0) is 18.2 Å². The van der Waals surface area contributed by atoms with Gasteiger partial charge in [-0.25, -0.2) is 0 Å². The lowest BCUT2D eigenvalue weighted by atomic mass is 10.2. The fourth-order valence-corrected chi connectivity index (χ4v) is 2.65. The molecule has 1 aliphatic rings. The molecule has 7 heteroatoms. The van der Waals surface area contributed by atoms with Gasteiger partial charge in [0.05, 0.1) is 12.2 Å². The van der Waals surface area contributed by atoms with Crippen molar-refractivity contribution in [3.63, 3.8) is 0 Å². The minimum Gasteiger partial charge on any atom is -0.508 e. The SMILES string of the molecule is Oc1ccc(O)c(-c2nc(C3CSCCO3)no2)c1. The van der Waals surface area contributed by atoms with Crippen molar-refractivity contribution in [2.75, 3.05) is 18.1 Å². The van der Waals surface area contributed by atoms with Crippen LogP contribution in [0.25, 0.3) is 11.5 Å². The number of aromatic hydroxyl groups is 2. The third-order valence-electron chi connectivity index (χ3n) is 2.76. The maximum Gasteiger partial charge on any atom is 0.261 e. The molecule has 1 fully saturated rings. The van der Waals surface area contributed by atoms with Crippen LogP contribution in [0.2, 0.25) is 0 Å². The van der Waals surface area contributed by atoms with Crippen LogP contribution in [0.15, 0.2) is 22.7 Å². The number of thioether (sulfide) groups is 1. The second kappa shape index (κ2) is 5.10. The molecule has 0 radical (unpaired) electrons. The Hall–Kier alpha value is -1.73. The molecule has 1 aromatic heterocycles. The lowest BCUT2D eigenvalue weighted by Gasteiger charge is -2.18. The van der Waals surface area contributed by atoms with Crippen molar-refractivity contribution in [2.45, 2.75) is 6.10 Å². The van der Waals surface area contributed by atoms with Crippen LogP contribution in [0.5, 0.6) is 11.5 Å². The molecule has 100 valence electrons. The number of hydrogen-bond acceptors (Lipinski definition) is 7. The Kier molecular flexibility index (Phi) is 3.31. The van der Waals surface area contributed by atoms with E-state index in [2.05, 4.69) is 10.1 Å². The summed E-state index contributed by atoms with van der Waals surface area (Å²) < 4.78 is 10.7. The molecule has 2 aromatic rings. The van der Waals surface area contributed by atoms with Gasteiger partial charge in [0.25, 0.3) is 5.89 Å².